The molecule has 13 heteroatoms. The molecule has 5 rings (SSSR count). The summed E-state index contributed by atoms with van der Waals surface area (Å²) < 4.78 is 46.0. The minimum atomic E-state index is -4.55. The second-order valence-electron chi connectivity index (χ2n) is 9.29. The number of aromatic nitrogens is 4. The molecule has 3 N–H and O–H groups in total. The number of carbonyl (C=O) groups is 2. The molecule has 0 radical (unpaired) electrons. The highest BCUT2D eigenvalue weighted by molar-refractivity contribution is 6.04. The Morgan fingerprint density at radius 2 is 1.93 bits per heavy atom. The van der Waals surface area contributed by atoms with Crippen LogP contribution in [0.15, 0.2) is 55.0 Å². The lowest BCUT2D eigenvalue weighted by molar-refractivity contribution is -0.137. The summed E-state index contributed by atoms with van der Waals surface area (Å²) >= 11 is 0. The molecule has 40 heavy (non-hydrogen) atoms. The molecule has 0 bridgehead atoms. The van der Waals surface area contributed by atoms with E-state index in [-0.39, 0.29) is 29.2 Å². The highest BCUT2D eigenvalue weighted by Gasteiger charge is 2.31. The quantitative estimate of drug-likeness (QED) is 0.357. The van der Waals surface area contributed by atoms with Gasteiger partial charge in [0.15, 0.2) is 0 Å². The normalized spacial score (nSPS) is 15.7. The number of piperidine rings is 1. The zero-order valence-electron chi connectivity index (χ0n) is 21.5. The number of anilines is 2. The average molecular weight is 554 g/mol. The molecule has 10 nitrogen and oxygen atoms in total. The number of halogens is 3. The molecular formula is C27H26F3N7O3. The van der Waals surface area contributed by atoms with E-state index in [0.29, 0.717) is 36.5 Å². The number of nitrogen functional groups attached to an aromatic ring is 1. The highest BCUT2D eigenvalue weighted by atomic mass is 19.4. The molecule has 0 aliphatic carbocycles. The fourth-order valence-corrected chi connectivity index (χ4v) is 4.79. The van der Waals surface area contributed by atoms with Gasteiger partial charge < -0.3 is 20.7 Å². The number of nitrogens with one attached hydrogen (secondary N) is 1. The Bertz CT molecular complexity index is 1550. The van der Waals surface area contributed by atoms with Gasteiger partial charge in [-0.25, -0.2) is 19.7 Å². The molecule has 4 heterocycles. The number of ether oxygens (including phenoxy) is 1. The predicted octanol–water partition coefficient (Wildman–Crippen LogP) is 4.98. The number of likely N-dealkylation sites (tertiary alicyclic amines) is 1. The SMILES string of the molecule is CCOC(=O)N1CCCC(c2nc(-c3ccc(C(=O)Nc4cc(C(F)(F)F)ccn4)cc3)c3c(N)nccn23)C1. The van der Waals surface area contributed by atoms with Gasteiger partial charge in [-0.05, 0) is 44.0 Å². The van der Waals surface area contributed by atoms with E-state index in [0.717, 1.165) is 37.0 Å². The van der Waals surface area contributed by atoms with Crippen LogP contribution >= 0.6 is 0 Å². The first kappa shape index (κ1) is 26.9. The first-order chi connectivity index (χ1) is 19.2. The van der Waals surface area contributed by atoms with Gasteiger partial charge in [0.25, 0.3) is 5.91 Å². The summed E-state index contributed by atoms with van der Waals surface area (Å²) in [6.45, 7) is 3.11. The van der Waals surface area contributed by atoms with Crippen LogP contribution in [0.5, 0.6) is 0 Å². The zero-order chi connectivity index (χ0) is 28.4. The van der Waals surface area contributed by atoms with Crippen molar-refractivity contribution in [1.82, 2.24) is 24.3 Å². The van der Waals surface area contributed by atoms with Crippen molar-refractivity contribution in [1.29, 1.82) is 0 Å². The van der Waals surface area contributed by atoms with Gasteiger partial charge in [0.05, 0.1) is 12.2 Å². The largest absolute Gasteiger partial charge is 0.450 e. The lowest BCUT2D eigenvalue weighted by atomic mass is 9.97. The molecule has 208 valence electrons. The number of carbonyl (C=O) groups excluding carboxylic acids is 2. The second-order valence-corrected chi connectivity index (χ2v) is 9.29. The first-order valence-corrected chi connectivity index (χ1v) is 12.6. The highest BCUT2D eigenvalue weighted by Crippen LogP contribution is 2.34. The summed E-state index contributed by atoms with van der Waals surface area (Å²) in [5, 5.41) is 2.40. The third kappa shape index (κ3) is 5.40. The third-order valence-electron chi connectivity index (χ3n) is 6.67. The number of hydrogen-bond donors (Lipinski definition) is 2. The number of hydrogen-bond acceptors (Lipinski definition) is 7. The van der Waals surface area contributed by atoms with E-state index >= 15 is 0 Å². The maximum absolute atomic E-state index is 13.0. The Labute approximate surface area is 227 Å². The summed E-state index contributed by atoms with van der Waals surface area (Å²) in [5.41, 5.74) is 7.37. The lowest BCUT2D eigenvalue weighted by Gasteiger charge is -2.31. The minimum Gasteiger partial charge on any atom is -0.450 e. The van der Waals surface area contributed by atoms with Crippen LogP contribution in [0, 0.1) is 0 Å². The van der Waals surface area contributed by atoms with Crippen LogP contribution in [0.1, 0.15) is 47.4 Å². The topological polar surface area (TPSA) is 128 Å². The fourth-order valence-electron chi connectivity index (χ4n) is 4.79. The monoisotopic (exact) mass is 553 g/mol. The van der Waals surface area contributed by atoms with Gasteiger partial charge in [0.1, 0.15) is 28.7 Å². The van der Waals surface area contributed by atoms with Crippen LogP contribution in [-0.4, -0.2) is 55.9 Å². The van der Waals surface area contributed by atoms with Gasteiger partial charge in [-0.3, -0.25) is 9.20 Å². The minimum absolute atomic E-state index is 0.0637. The molecular weight excluding hydrogens is 527 g/mol. The van der Waals surface area contributed by atoms with Crippen molar-refractivity contribution < 1.29 is 27.5 Å². The Kier molecular flexibility index (Phi) is 7.28. The number of rotatable bonds is 5. The number of alkyl halides is 3. The van der Waals surface area contributed by atoms with Gasteiger partial charge in [0, 0.05) is 48.7 Å². The summed E-state index contributed by atoms with van der Waals surface area (Å²) in [6.07, 6.45) is 1.03. The van der Waals surface area contributed by atoms with Crippen molar-refractivity contribution in [2.24, 2.45) is 0 Å². The molecule has 0 spiro atoms. The third-order valence-corrected chi connectivity index (χ3v) is 6.67. The predicted molar refractivity (Wildman–Crippen MR) is 141 cm³/mol. The smallest absolute Gasteiger partial charge is 0.416 e. The number of benzene rings is 1. The van der Waals surface area contributed by atoms with E-state index in [9.17, 15) is 22.8 Å². The summed E-state index contributed by atoms with van der Waals surface area (Å²) in [5.74, 6) is 0.108. The zero-order valence-corrected chi connectivity index (χ0v) is 21.5. The van der Waals surface area contributed by atoms with Crippen LogP contribution in [0.4, 0.5) is 29.6 Å². The molecule has 1 atom stereocenters. The van der Waals surface area contributed by atoms with Crippen LogP contribution in [0.2, 0.25) is 0 Å². The molecule has 2 amide bonds. The second kappa shape index (κ2) is 10.8. The van der Waals surface area contributed by atoms with Crippen molar-refractivity contribution in [3.63, 3.8) is 0 Å². The van der Waals surface area contributed by atoms with Crippen molar-refractivity contribution in [2.75, 3.05) is 30.7 Å². The van der Waals surface area contributed by atoms with E-state index in [1.165, 1.54) is 0 Å². The molecule has 3 aromatic heterocycles. The molecule has 1 saturated heterocycles. The Morgan fingerprint density at radius 3 is 2.65 bits per heavy atom. The Balaban J connectivity index is 1.42. The number of nitrogens with two attached hydrogens (primary N) is 1. The first-order valence-electron chi connectivity index (χ1n) is 12.6. The molecule has 1 unspecified atom stereocenters. The molecule has 1 fully saturated rings. The maximum Gasteiger partial charge on any atom is 0.416 e. The van der Waals surface area contributed by atoms with Gasteiger partial charge in [-0.15, -0.1) is 0 Å². The number of amides is 2. The maximum atomic E-state index is 13.0. The van der Waals surface area contributed by atoms with Crippen molar-refractivity contribution >= 4 is 29.2 Å². The van der Waals surface area contributed by atoms with Crippen molar-refractivity contribution in [2.45, 2.75) is 31.9 Å². The Hall–Kier alpha value is -4.68. The van der Waals surface area contributed by atoms with E-state index in [4.69, 9.17) is 15.5 Å². The van der Waals surface area contributed by atoms with E-state index in [1.807, 2.05) is 4.40 Å². The van der Waals surface area contributed by atoms with Crippen molar-refractivity contribution in [3.8, 4) is 11.3 Å². The van der Waals surface area contributed by atoms with E-state index in [1.54, 1.807) is 48.5 Å². The number of pyridine rings is 1. The average Bonchev–Trinajstić information content (AvgIpc) is 3.34. The molecule has 0 saturated carbocycles. The Morgan fingerprint density at radius 1 is 1.15 bits per heavy atom. The van der Waals surface area contributed by atoms with Gasteiger partial charge in [0.2, 0.25) is 0 Å². The van der Waals surface area contributed by atoms with Crippen LogP contribution in [0.25, 0.3) is 16.8 Å². The van der Waals surface area contributed by atoms with Gasteiger partial charge >= 0.3 is 12.3 Å². The molecule has 1 aliphatic rings. The standard InChI is InChI=1S/C27H26F3N7O3/c1-2-40-26(39)36-12-3-4-18(15-36)24-35-21(22-23(31)33-11-13-37(22)24)16-5-7-17(8-6-16)25(38)34-20-14-19(9-10-32-20)27(28,29)30/h5-11,13-14,18H,2-4,12,15H2,1H3,(H2,31,33)(H,32,34,38). The van der Waals surface area contributed by atoms with Crippen LogP contribution in [0.3, 0.4) is 0 Å². The molecule has 1 aliphatic heterocycles. The van der Waals surface area contributed by atoms with Gasteiger partial charge in [-0.1, -0.05) is 12.1 Å². The van der Waals surface area contributed by atoms with Gasteiger partial charge in [-0.2, -0.15) is 13.2 Å². The van der Waals surface area contributed by atoms with E-state index < -0.39 is 17.6 Å². The van der Waals surface area contributed by atoms with Crippen LogP contribution in [-0.2, 0) is 10.9 Å². The molecule has 1 aromatic carbocycles. The number of nitrogens with zero attached hydrogens (tertiary/aromatic N) is 5. The number of imidazole rings is 1. The van der Waals surface area contributed by atoms with Crippen molar-refractivity contribution in [3.05, 3.63) is 71.9 Å². The van der Waals surface area contributed by atoms with Crippen LogP contribution < -0.4 is 11.1 Å². The summed E-state index contributed by atoms with van der Waals surface area (Å²) in [6, 6.07) is 8.04. The lowest BCUT2D eigenvalue weighted by Crippen LogP contribution is -2.39. The summed E-state index contributed by atoms with van der Waals surface area (Å²) in [7, 11) is 0. The van der Waals surface area contributed by atoms with E-state index in [2.05, 4.69) is 15.3 Å². The number of fused-ring (bicyclic) bond motifs is 1. The molecule has 4 aromatic rings. The summed E-state index contributed by atoms with van der Waals surface area (Å²) in [4.78, 5) is 39.7. The fraction of sp³-hybridized carbons (Fsp3) is 0.296.